The molecular formula is C21H27N5O2S2. The number of rotatable bonds is 7. The molecule has 0 aliphatic carbocycles. The van der Waals surface area contributed by atoms with E-state index in [9.17, 15) is 4.21 Å². The first kappa shape index (κ1) is 21.1. The highest BCUT2D eigenvalue weighted by molar-refractivity contribution is 7.86. The molecule has 1 saturated heterocycles. The summed E-state index contributed by atoms with van der Waals surface area (Å²) in [5, 5.41) is 3.86. The van der Waals surface area contributed by atoms with Crippen LogP contribution in [0.25, 0.3) is 0 Å². The maximum atomic E-state index is 12.7. The van der Waals surface area contributed by atoms with Gasteiger partial charge in [0.25, 0.3) is 0 Å². The minimum atomic E-state index is -1.26. The topological polar surface area (TPSA) is 84.2 Å². The lowest BCUT2D eigenvalue weighted by atomic mass is 9.94. The molecule has 3 aromatic heterocycles. The SMILES string of the molecule is CC(C)(C)c1cnc(CS(=O)c2cnc(Nc3ccc(CN4CCCC4)cn3)s2)o1. The summed E-state index contributed by atoms with van der Waals surface area (Å²) in [5.41, 5.74) is 1.09. The van der Waals surface area contributed by atoms with Gasteiger partial charge in [0.1, 0.15) is 21.5 Å². The molecule has 1 atom stereocenters. The van der Waals surface area contributed by atoms with Gasteiger partial charge >= 0.3 is 0 Å². The van der Waals surface area contributed by atoms with E-state index < -0.39 is 10.8 Å². The van der Waals surface area contributed by atoms with Crippen molar-refractivity contribution >= 4 is 33.1 Å². The number of hydrogen-bond acceptors (Lipinski definition) is 8. The van der Waals surface area contributed by atoms with Crippen LogP contribution in [0.1, 0.15) is 50.8 Å². The fraction of sp³-hybridized carbons (Fsp3) is 0.476. The standard InChI is InChI=1S/C21H27N5O2S2/c1-21(2,3)16-11-23-18(28-16)14-30(27)19-12-24-20(29-19)25-17-7-6-15(10-22-17)13-26-8-4-5-9-26/h6-7,10-12H,4-5,8-9,13-14H2,1-3H3,(H,22,24,25). The Bertz CT molecular complexity index is 1000. The molecule has 0 bridgehead atoms. The third-order valence-electron chi connectivity index (χ3n) is 4.92. The summed E-state index contributed by atoms with van der Waals surface area (Å²) in [6.07, 6.45) is 7.83. The molecule has 1 aliphatic heterocycles. The zero-order valence-corrected chi connectivity index (χ0v) is 19.2. The van der Waals surface area contributed by atoms with Crippen LogP contribution in [-0.4, -0.2) is 37.2 Å². The first-order valence-electron chi connectivity index (χ1n) is 10.1. The Kier molecular flexibility index (Phi) is 6.31. The van der Waals surface area contributed by atoms with Crippen molar-refractivity contribution in [3.8, 4) is 0 Å². The number of hydrogen-bond donors (Lipinski definition) is 1. The first-order valence-corrected chi connectivity index (χ1v) is 12.2. The molecule has 3 aromatic rings. The van der Waals surface area contributed by atoms with Crippen molar-refractivity contribution in [2.75, 3.05) is 18.4 Å². The second-order valence-electron chi connectivity index (χ2n) is 8.50. The van der Waals surface area contributed by atoms with E-state index >= 15 is 0 Å². The van der Waals surface area contributed by atoms with Gasteiger partial charge in [-0.05, 0) is 37.6 Å². The molecule has 30 heavy (non-hydrogen) atoms. The van der Waals surface area contributed by atoms with Crippen LogP contribution >= 0.6 is 11.3 Å². The van der Waals surface area contributed by atoms with E-state index in [2.05, 4.69) is 52.0 Å². The molecule has 0 spiro atoms. The van der Waals surface area contributed by atoms with Crippen molar-refractivity contribution < 1.29 is 8.63 Å². The van der Waals surface area contributed by atoms with Crippen molar-refractivity contribution in [1.29, 1.82) is 0 Å². The maximum absolute atomic E-state index is 12.7. The molecule has 4 heterocycles. The lowest BCUT2D eigenvalue weighted by Gasteiger charge is -2.14. The van der Waals surface area contributed by atoms with E-state index in [1.807, 2.05) is 12.3 Å². The molecule has 1 aliphatic rings. The van der Waals surface area contributed by atoms with E-state index in [4.69, 9.17) is 4.42 Å². The minimum Gasteiger partial charge on any atom is -0.444 e. The number of nitrogens with one attached hydrogen (secondary N) is 1. The van der Waals surface area contributed by atoms with Crippen LogP contribution in [0, 0.1) is 0 Å². The Hall–Kier alpha value is -2.10. The minimum absolute atomic E-state index is 0.120. The van der Waals surface area contributed by atoms with Crippen LogP contribution in [0.15, 0.2) is 39.3 Å². The highest BCUT2D eigenvalue weighted by Crippen LogP contribution is 2.27. The zero-order chi connectivity index (χ0) is 21.1. The van der Waals surface area contributed by atoms with Gasteiger partial charge in [0.05, 0.1) is 23.2 Å². The zero-order valence-electron chi connectivity index (χ0n) is 17.6. The summed E-state index contributed by atoms with van der Waals surface area (Å²) in [4.78, 5) is 15.5. The second kappa shape index (κ2) is 8.95. The van der Waals surface area contributed by atoms with Gasteiger partial charge in [-0.15, -0.1) is 0 Å². The van der Waals surface area contributed by atoms with Gasteiger partial charge in [-0.3, -0.25) is 9.11 Å². The fourth-order valence-corrected chi connectivity index (χ4v) is 5.24. The molecule has 0 aromatic carbocycles. The Morgan fingerprint density at radius 1 is 1.13 bits per heavy atom. The predicted octanol–water partition coefficient (Wildman–Crippen LogP) is 4.47. The van der Waals surface area contributed by atoms with Crippen LogP contribution in [0.4, 0.5) is 10.9 Å². The van der Waals surface area contributed by atoms with Crippen LogP contribution in [0.2, 0.25) is 0 Å². The van der Waals surface area contributed by atoms with Gasteiger partial charge in [0.15, 0.2) is 5.13 Å². The molecule has 7 nitrogen and oxygen atoms in total. The molecule has 0 amide bonds. The predicted molar refractivity (Wildman–Crippen MR) is 119 cm³/mol. The van der Waals surface area contributed by atoms with E-state index in [1.54, 1.807) is 12.4 Å². The van der Waals surface area contributed by atoms with Gasteiger partial charge in [-0.2, -0.15) is 0 Å². The highest BCUT2D eigenvalue weighted by Gasteiger charge is 2.21. The number of aromatic nitrogens is 3. The Balaban J connectivity index is 1.34. The third-order valence-corrected chi connectivity index (χ3v) is 7.50. The quantitative estimate of drug-likeness (QED) is 0.574. The number of thiazole rings is 1. The summed E-state index contributed by atoms with van der Waals surface area (Å²) >= 11 is 1.36. The Morgan fingerprint density at radius 3 is 2.60 bits per heavy atom. The van der Waals surface area contributed by atoms with Gasteiger partial charge < -0.3 is 9.73 Å². The fourth-order valence-electron chi connectivity index (χ4n) is 3.23. The number of pyridine rings is 1. The summed E-state index contributed by atoms with van der Waals surface area (Å²) in [6, 6.07) is 4.06. The van der Waals surface area contributed by atoms with Gasteiger partial charge in [-0.1, -0.05) is 38.2 Å². The van der Waals surface area contributed by atoms with Gasteiger partial charge in [0, 0.05) is 18.2 Å². The number of nitrogens with zero attached hydrogens (tertiary/aromatic N) is 4. The largest absolute Gasteiger partial charge is 0.444 e. The molecule has 1 N–H and O–H groups in total. The van der Waals surface area contributed by atoms with E-state index in [1.165, 1.54) is 42.8 Å². The van der Waals surface area contributed by atoms with Gasteiger partial charge in [-0.25, -0.2) is 15.0 Å². The number of oxazole rings is 1. The molecule has 160 valence electrons. The van der Waals surface area contributed by atoms with Crippen LogP contribution < -0.4 is 5.32 Å². The molecule has 0 radical (unpaired) electrons. The molecule has 1 unspecified atom stereocenters. The average Bonchev–Trinajstić information content (AvgIpc) is 3.44. The van der Waals surface area contributed by atoms with E-state index in [0.717, 1.165) is 18.1 Å². The third kappa shape index (κ3) is 5.33. The van der Waals surface area contributed by atoms with Crippen LogP contribution in [0.5, 0.6) is 0 Å². The highest BCUT2D eigenvalue weighted by atomic mass is 32.2. The Labute approximate surface area is 183 Å². The lowest BCUT2D eigenvalue weighted by Crippen LogP contribution is -2.18. The summed E-state index contributed by atoms with van der Waals surface area (Å²) in [5.74, 6) is 2.24. The summed E-state index contributed by atoms with van der Waals surface area (Å²) < 4.78 is 19.1. The van der Waals surface area contributed by atoms with Gasteiger partial charge in [0.2, 0.25) is 5.89 Å². The van der Waals surface area contributed by atoms with Crippen molar-refractivity contribution in [2.45, 2.75) is 55.5 Å². The van der Waals surface area contributed by atoms with Crippen molar-refractivity contribution in [3.63, 3.8) is 0 Å². The molecule has 0 saturated carbocycles. The first-order chi connectivity index (χ1) is 14.4. The number of anilines is 2. The normalized spacial score (nSPS) is 16.1. The van der Waals surface area contributed by atoms with E-state index in [-0.39, 0.29) is 11.2 Å². The summed E-state index contributed by atoms with van der Waals surface area (Å²) in [7, 11) is -1.26. The molecule has 4 rings (SSSR count). The molecular weight excluding hydrogens is 418 g/mol. The van der Waals surface area contributed by atoms with Crippen LogP contribution in [-0.2, 0) is 28.5 Å². The second-order valence-corrected chi connectivity index (χ2v) is 11.2. The molecule has 1 fully saturated rings. The maximum Gasteiger partial charge on any atom is 0.207 e. The van der Waals surface area contributed by atoms with E-state index in [0.29, 0.717) is 15.2 Å². The Morgan fingerprint density at radius 2 is 1.93 bits per heavy atom. The molecule has 9 heteroatoms. The smallest absolute Gasteiger partial charge is 0.207 e. The van der Waals surface area contributed by atoms with Crippen molar-refractivity contribution in [1.82, 2.24) is 19.9 Å². The average molecular weight is 446 g/mol. The van der Waals surface area contributed by atoms with Crippen molar-refractivity contribution in [3.05, 3.63) is 47.9 Å². The lowest BCUT2D eigenvalue weighted by molar-refractivity contribution is 0.331. The van der Waals surface area contributed by atoms with Crippen molar-refractivity contribution in [2.24, 2.45) is 0 Å². The monoisotopic (exact) mass is 445 g/mol. The number of likely N-dealkylation sites (tertiary alicyclic amines) is 1. The summed E-state index contributed by atoms with van der Waals surface area (Å²) in [6.45, 7) is 9.46. The van der Waals surface area contributed by atoms with Crippen LogP contribution in [0.3, 0.4) is 0 Å².